The number of thioether (sulfide) groups is 1. The Bertz CT molecular complexity index is 1580. The molecule has 2 heterocycles. The Kier molecular flexibility index (Phi) is 7.83. The van der Waals surface area contributed by atoms with E-state index in [9.17, 15) is 19.2 Å². The maximum atomic E-state index is 14.0. The van der Waals surface area contributed by atoms with Crippen LogP contribution in [0.15, 0.2) is 73.9 Å². The quantitative estimate of drug-likeness (QED) is 0.330. The smallest absolute Gasteiger partial charge is 0.234 e. The minimum atomic E-state index is -0.710. The minimum absolute atomic E-state index is 0.0844. The molecule has 1 aliphatic heterocycles. The number of allylic oxidation sites excluding steroid dienone is 3. The van der Waals surface area contributed by atoms with Gasteiger partial charge in [-0.15, -0.1) is 10.2 Å². The SMILES string of the molecule is Cc1ccc(NC(=O)CSc2nnc(N3C(N)=C(C#N)C(c4ccc(F)c(Br)c4)C4=C3CCCC4=O)s2)cc1. The number of ketones is 1. The second-order valence-corrected chi connectivity index (χ2v) is 12.1. The maximum Gasteiger partial charge on any atom is 0.234 e. The van der Waals surface area contributed by atoms with Gasteiger partial charge in [-0.2, -0.15) is 5.26 Å². The molecule has 2 aromatic carbocycles. The lowest BCUT2D eigenvalue weighted by Gasteiger charge is -2.38. The summed E-state index contributed by atoms with van der Waals surface area (Å²) in [5, 5.41) is 21.9. The number of hydrogen-bond acceptors (Lipinski definition) is 9. The predicted molar refractivity (Wildman–Crippen MR) is 152 cm³/mol. The van der Waals surface area contributed by atoms with Gasteiger partial charge in [0.25, 0.3) is 0 Å². The van der Waals surface area contributed by atoms with Gasteiger partial charge in [0.15, 0.2) is 10.1 Å². The average molecular weight is 626 g/mol. The second-order valence-electron chi connectivity index (χ2n) is 9.04. The molecule has 2 aliphatic rings. The molecule has 1 aromatic heterocycles. The third kappa shape index (κ3) is 5.48. The van der Waals surface area contributed by atoms with Crippen LogP contribution >= 0.6 is 39.0 Å². The molecule has 1 amide bonds. The molecule has 1 aliphatic carbocycles. The predicted octanol–water partition coefficient (Wildman–Crippen LogP) is 5.78. The van der Waals surface area contributed by atoms with Crippen molar-refractivity contribution in [2.45, 2.75) is 36.4 Å². The summed E-state index contributed by atoms with van der Waals surface area (Å²) < 4.78 is 14.8. The molecule has 3 aromatic rings. The molecular formula is C27H22BrFN6O2S2. The summed E-state index contributed by atoms with van der Waals surface area (Å²) in [6, 6.07) is 14.1. The van der Waals surface area contributed by atoms with E-state index in [1.807, 2.05) is 31.2 Å². The van der Waals surface area contributed by atoms with Gasteiger partial charge in [0.05, 0.1) is 27.8 Å². The molecule has 5 rings (SSSR count). The third-order valence-corrected chi connectivity index (χ3v) is 9.09. The number of hydrogen-bond donors (Lipinski definition) is 2. The van der Waals surface area contributed by atoms with E-state index in [1.165, 1.54) is 29.2 Å². The Morgan fingerprint density at radius 2 is 2.05 bits per heavy atom. The number of nitrogens with two attached hydrogens (primary N) is 1. The van der Waals surface area contributed by atoms with Crippen LogP contribution in [0.25, 0.3) is 0 Å². The van der Waals surface area contributed by atoms with Gasteiger partial charge in [-0.3, -0.25) is 14.5 Å². The highest BCUT2D eigenvalue weighted by molar-refractivity contribution is 9.10. The Hall–Kier alpha value is -3.53. The lowest BCUT2D eigenvalue weighted by molar-refractivity contribution is -0.116. The van der Waals surface area contributed by atoms with Gasteiger partial charge in [-0.1, -0.05) is 46.9 Å². The normalized spacial score (nSPS) is 17.2. The van der Waals surface area contributed by atoms with E-state index in [-0.39, 0.29) is 33.3 Å². The van der Waals surface area contributed by atoms with E-state index >= 15 is 0 Å². The van der Waals surface area contributed by atoms with E-state index in [1.54, 1.807) is 17.0 Å². The summed E-state index contributed by atoms with van der Waals surface area (Å²) in [5.41, 5.74) is 10.3. The van der Waals surface area contributed by atoms with Gasteiger partial charge < -0.3 is 11.1 Å². The summed E-state index contributed by atoms with van der Waals surface area (Å²) in [5.74, 6) is -1.13. The molecular weight excluding hydrogens is 603 g/mol. The topological polar surface area (TPSA) is 125 Å². The number of aromatic nitrogens is 2. The number of rotatable bonds is 6. The fraction of sp³-hybridized carbons (Fsp3) is 0.222. The number of carbonyl (C=O) groups excluding carboxylic acids is 2. The summed E-state index contributed by atoms with van der Waals surface area (Å²) in [6.45, 7) is 1.97. The van der Waals surface area contributed by atoms with E-state index in [0.29, 0.717) is 51.3 Å². The molecule has 39 heavy (non-hydrogen) atoms. The van der Waals surface area contributed by atoms with E-state index in [2.05, 4.69) is 37.5 Å². The minimum Gasteiger partial charge on any atom is -0.384 e. The number of amides is 1. The van der Waals surface area contributed by atoms with Crippen LogP contribution in [0.2, 0.25) is 0 Å². The molecule has 3 N–H and O–H groups in total. The van der Waals surface area contributed by atoms with Gasteiger partial charge in [0, 0.05) is 23.4 Å². The number of benzene rings is 2. The van der Waals surface area contributed by atoms with Crippen LogP contribution < -0.4 is 16.0 Å². The van der Waals surface area contributed by atoms with Gasteiger partial charge in [0.1, 0.15) is 11.6 Å². The van der Waals surface area contributed by atoms with Crippen molar-refractivity contribution >= 4 is 61.5 Å². The van der Waals surface area contributed by atoms with Crippen molar-refractivity contribution in [1.82, 2.24) is 10.2 Å². The van der Waals surface area contributed by atoms with Crippen molar-refractivity contribution in [3.63, 3.8) is 0 Å². The van der Waals surface area contributed by atoms with Crippen molar-refractivity contribution in [2.24, 2.45) is 5.73 Å². The number of aryl methyl sites for hydroxylation is 1. The Morgan fingerprint density at radius 3 is 2.77 bits per heavy atom. The van der Waals surface area contributed by atoms with Crippen LogP contribution in [-0.2, 0) is 9.59 Å². The fourth-order valence-electron chi connectivity index (χ4n) is 4.64. The zero-order valence-corrected chi connectivity index (χ0v) is 23.9. The molecule has 0 saturated carbocycles. The molecule has 12 heteroatoms. The lowest BCUT2D eigenvalue weighted by atomic mass is 9.76. The molecule has 1 atom stereocenters. The summed E-state index contributed by atoms with van der Waals surface area (Å²) in [4.78, 5) is 27.3. The number of nitriles is 1. The van der Waals surface area contributed by atoms with Gasteiger partial charge in [0.2, 0.25) is 11.0 Å². The van der Waals surface area contributed by atoms with E-state index < -0.39 is 11.7 Å². The first kappa shape index (κ1) is 27.1. The first-order valence-electron chi connectivity index (χ1n) is 12.0. The van der Waals surface area contributed by atoms with Crippen molar-refractivity contribution in [3.8, 4) is 6.07 Å². The first-order valence-corrected chi connectivity index (χ1v) is 14.6. The van der Waals surface area contributed by atoms with Crippen LogP contribution in [0.1, 0.15) is 36.3 Å². The van der Waals surface area contributed by atoms with E-state index in [0.717, 1.165) is 5.56 Å². The number of nitrogens with one attached hydrogen (secondary N) is 1. The molecule has 0 radical (unpaired) electrons. The molecule has 8 nitrogen and oxygen atoms in total. The highest BCUT2D eigenvalue weighted by Gasteiger charge is 2.41. The summed E-state index contributed by atoms with van der Waals surface area (Å²) in [6.07, 6.45) is 1.53. The number of carbonyl (C=O) groups is 2. The van der Waals surface area contributed by atoms with Crippen molar-refractivity contribution < 1.29 is 14.0 Å². The number of halogens is 2. The monoisotopic (exact) mass is 624 g/mol. The summed E-state index contributed by atoms with van der Waals surface area (Å²) >= 11 is 5.67. The third-order valence-electron chi connectivity index (χ3n) is 6.44. The van der Waals surface area contributed by atoms with Crippen LogP contribution in [0, 0.1) is 24.1 Å². The Labute approximate surface area is 240 Å². The average Bonchev–Trinajstić information content (AvgIpc) is 3.38. The highest BCUT2D eigenvalue weighted by Crippen LogP contribution is 2.47. The Balaban J connectivity index is 1.43. The largest absolute Gasteiger partial charge is 0.384 e. The molecule has 198 valence electrons. The maximum absolute atomic E-state index is 14.0. The zero-order chi connectivity index (χ0) is 27.7. The highest BCUT2D eigenvalue weighted by atomic mass is 79.9. The molecule has 0 bridgehead atoms. The van der Waals surface area contributed by atoms with Gasteiger partial charge >= 0.3 is 0 Å². The number of anilines is 2. The van der Waals surface area contributed by atoms with Gasteiger partial charge in [-0.05, 0) is 65.5 Å². The second kappa shape index (κ2) is 11.3. The zero-order valence-electron chi connectivity index (χ0n) is 20.7. The van der Waals surface area contributed by atoms with Crippen LogP contribution in [0.5, 0.6) is 0 Å². The standard InChI is InChI=1S/C27H22BrFN6O2S2/c1-14-5-8-16(9-6-14)32-22(37)13-38-27-34-33-26(39-27)35-20-3-2-4-21(36)24(20)23(17(12-30)25(35)31)15-7-10-19(29)18(28)11-15/h5-11,23H,2-4,13,31H2,1H3,(H,32,37). The number of nitrogens with zero attached hydrogens (tertiary/aromatic N) is 4. The van der Waals surface area contributed by atoms with Crippen LogP contribution in [-0.4, -0.2) is 27.6 Å². The first-order chi connectivity index (χ1) is 18.8. The molecule has 1 unspecified atom stereocenters. The summed E-state index contributed by atoms with van der Waals surface area (Å²) in [7, 11) is 0. The van der Waals surface area contributed by atoms with Crippen molar-refractivity contribution in [1.29, 1.82) is 5.26 Å². The van der Waals surface area contributed by atoms with Crippen molar-refractivity contribution in [3.05, 3.63) is 86.5 Å². The fourth-order valence-corrected chi connectivity index (χ4v) is 6.72. The molecule has 0 saturated heterocycles. The van der Waals surface area contributed by atoms with Gasteiger partial charge in [-0.25, -0.2) is 4.39 Å². The van der Waals surface area contributed by atoms with E-state index in [4.69, 9.17) is 5.73 Å². The van der Waals surface area contributed by atoms with Crippen LogP contribution in [0.3, 0.4) is 0 Å². The Morgan fingerprint density at radius 1 is 1.28 bits per heavy atom. The molecule has 0 fully saturated rings. The van der Waals surface area contributed by atoms with Crippen molar-refractivity contribution in [2.75, 3.05) is 16.0 Å². The molecule has 0 spiro atoms. The van der Waals surface area contributed by atoms with Crippen LogP contribution in [0.4, 0.5) is 15.2 Å². The lowest BCUT2D eigenvalue weighted by Crippen LogP contribution is -2.38. The number of Topliss-reactive ketones (excluding diaryl/α,β-unsaturated/α-hetero) is 1.